The second-order valence-corrected chi connectivity index (χ2v) is 2.85. The van der Waals surface area contributed by atoms with Crippen LogP contribution in [-0.2, 0) is 0 Å². The van der Waals surface area contributed by atoms with E-state index < -0.39 is 0 Å². The minimum Gasteiger partial charge on any atom is -0.293 e. The highest BCUT2D eigenvalue weighted by molar-refractivity contribution is 9.10. The predicted molar refractivity (Wildman–Crippen MR) is 46.5 cm³/mol. The van der Waals surface area contributed by atoms with Crippen LogP contribution in [0.3, 0.4) is 0 Å². The fourth-order valence-corrected chi connectivity index (χ4v) is 1.23. The van der Waals surface area contributed by atoms with Crippen molar-refractivity contribution in [2.75, 3.05) is 0 Å². The molecular weight excluding hydrogens is 220 g/mol. The van der Waals surface area contributed by atoms with Crippen LogP contribution in [0.15, 0.2) is 22.9 Å². The summed E-state index contributed by atoms with van der Waals surface area (Å²) in [5, 5.41) is 8.28. The summed E-state index contributed by atoms with van der Waals surface area (Å²) in [6, 6.07) is 5.09. The number of carbonyl (C=O) groups excluding carboxylic acids is 1. The van der Waals surface area contributed by atoms with Gasteiger partial charge in [0.15, 0.2) is 5.78 Å². The maximum atomic E-state index is 11.2. The standard InChI is InChI=1S/C8H5BrN2O/c9-8-6(2-1-5-11-8)7(12)3-4-10/h1-2,5H,3H2. The van der Waals surface area contributed by atoms with Gasteiger partial charge in [-0.15, -0.1) is 0 Å². The second-order valence-electron chi connectivity index (χ2n) is 2.10. The van der Waals surface area contributed by atoms with Crippen molar-refractivity contribution in [2.24, 2.45) is 0 Å². The molecule has 0 spiro atoms. The molecule has 0 atom stereocenters. The Bertz CT molecular complexity index is 343. The molecule has 1 rings (SSSR count). The van der Waals surface area contributed by atoms with Crippen LogP contribution in [0.4, 0.5) is 0 Å². The molecule has 0 amide bonds. The number of nitriles is 1. The number of carbonyl (C=O) groups is 1. The van der Waals surface area contributed by atoms with Crippen molar-refractivity contribution in [3.63, 3.8) is 0 Å². The van der Waals surface area contributed by atoms with Crippen LogP contribution >= 0.6 is 15.9 Å². The zero-order valence-corrected chi connectivity index (χ0v) is 7.71. The molecule has 0 bridgehead atoms. The molecule has 4 heteroatoms. The Morgan fingerprint density at radius 3 is 3.08 bits per heavy atom. The van der Waals surface area contributed by atoms with Gasteiger partial charge in [-0.1, -0.05) is 0 Å². The van der Waals surface area contributed by atoms with Gasteiger partial charge >= 0.3 is 0 Å². The normalized spacial score (nSPS) is 9.00. The smallest absolute Gasteiger partial charge is 0.179 e. The van der Waals surface area contributed by atoms with Crippen LogP contribution in [0.5, 0.6) is 0 Å². The van der Waals surface area contributed by atoms with Gasteiger partial charge < -0.3 is 0 Å². The highest BCUT2D eigenvalue weighted by Crippen LogP contribution is 2.13. The third-order valence-electron chi connectivity index (χ3n) is 1.30. The molecular formula is C8H5BrN2O. The molecule has 0 saturated heterocycles. The van der Waals surface area contributed by atoms with E-state index >= 15 is 0 Å². The highest BCUT2D eigenvalue weighted by atomic mass is 79.9. The van der Waals surface area contributed by atoms with Crippen molar-refractivity contribution in [1.82, 2.24) is 4.98 Å². The maximum Gasteiger partial charge on any atom is 0.179 e. The zero-order valence-electron chi connectivity index (χ0n) is 6.12. The van der Waals surface area contributed by atoms with Crippen molar-refractivity contribution < 1.29 is 4.79 Å². The van der Waals surface area contributed by atoms with Crippen molar-refractivity contribution >= 4 is 21.7 Å². The van der Waals surface area contributed by atoms with Gasteiger partial charge in [0.2, 0.25) is 0 Å². The first-order valence-electron chi connectivity index (χ1n) is 3.26. The predicted octanol–water partition coefficient (Wildman–Crippen LogP) is 1.94. The summed E-state index contributed by atoms with van der Waals surface area (Å²) < 4.78 is 0.491. The average molecular weight is 225 g/mol. The molecule has 1 aromatic rings. The Hall–Kier alpha value is -1.21. The molecule has 0 aliphatic heterocycles. The van der Waals surface area contributed by atoms with Gasteiger partial charge in [-0.25, -0.2) is 4.98 Å². The van der Waals surface area contributed by atoms with Gasteiger partial charge in [-0.3, -0.25) is 4.79 Å². The van der Waals surface area contributed by atoms with E-state index in [1.165, 1.54) is 0 Å². The maximum absolute atomic E-state index is 11.2. The summed E-state index contributed by atoms with van der Waals surface area (Å²) in [6.07, 6.45) is 1.47. The number of ketones is 1. The van der Waals surface area contributed by atoms with Gasteiger partial charge in [0.05, 0.1) is 18.1 Å². The topological polar surface area (TPSA) is 53.8 Å². The van der Waals surface area contributed by atoms with E-state index in [-0.39, 0.29) is 12.2 Å². The third-order valence-corrected chi connectivity index (χ3v) is 1.93. The number of hydrogen-bond donors (Lipinski definition) is 0. The highest BCUT2D eigenvalue weighted by Gasteiger charge is 2.08. The van der Waals surface area contributed by atoms with E-state index in [1.54, 1.807) is 24.4 Å². The zero-order chi connectivity index (χ0) is 8.97. The van der Waals surface area contributed by atoms with E-state index in [2.05, 4.69) is 20.9 Å². The summed E-state index contributed by atoms with van der Waals surface area (Å²) in [6.45, 7) is 0. The molecule has 3 nitrogen and oxygen atoms in total. The fraction of sp³-hybridized carbons (Fsp3) is 0.125. The largest absolute Gasteiger partial charge is 0.293 e. The number of rotatable bonds is 2. The number of nitrogens with zero attached hydrogens (tertiary/aromatic N) is 2. The van der Waals surface area contributed by atoms with E-state index in [4.69, 9.17) is 5.26 Å². The fourth-order valence-electron chi connectivity index (χ4n) is 0.761. The molecule has 0 aliphatic carbocycles. The van der Waals surface area contributed by atoms with Gasteiger partial charge in [0, 0.05) is 6.20 Å². The van der Waals surface area contributed by atoms with Crippen LogP contribution in [0.25, 0.3) is 0 Å². The van der Waals surface area contributed by atoms with E-state index in [0.717, 1.165) is 0 Å². The molecule has 0 N–H and O–H groups in total. The lowest BCUT2D eigenvalue weighted by Gasteiger charge is -1.97. The van der Waals surface area contributed by atoms with Crippen LogP contribution in [-0.4, -0.2) is 10.8 Å². The molecule has 0 radical (unpaired) electrons. The quantitative estimate of drug-likeness (QED) is 0.570. The van der Waals surface area contributed by atoms with Crippen molar-refractivity contribution in [3.05, 3.63) is 28.5 Å². The van der Waals surface area contributed by atoms with Crippen LogP contribution in [0.2, 0.25) is 0 Å². The number of aromatic nitrogens is 1. The first kappa shape index (κ1) is 8.88. The lowest BCUT2D eigenvalue weighted by molar-refractivity contribution is 0.0996. The summed E-state index contributed by atoms with van der Waals surface area (Å²) in [7, 11) is 0. The van der Waals surface area contributed by atoms with Crippen LogP contribution in [0, 0.1) is 11.3 Å². The summed E-state index contributed by atoms with van der Waals surface area (Å²) >= 11 is 3.13. The summed E-state index contributed by atoms with van der Waals surface area (Å²) in [5.41, 5.74) is 0.457. The number of halogens is 1. The van der Waals surface area contributed by atoms with Gasteiger partial charge in [-0.05, 0) is 28.1 Å². The molecule has 1 heterocycles. The first-order valence-corrected chi connectivity index (χ1v) is 4.05. The molecule has 1 aromatic heterocycles. The van der Waals surface area contributed by atoms with Gasteiger partial charge in [0.25, 0.3) is 0 Å². The van der Waals surface area contributed by atoms with E-state index in [1.807, 2.05) is 0 Å². The monoisotopic (exact) mass is 224 g/mol. The van der Waals surface area contributed by atoms with Crippen LogP contribution < -0.4 is 0 Å². The lowest BCUT2D eigenvalue weighted by Crippen LogP contribution is -1.99. The van der Waals surface area contributed by atoms with Gasteiger partial charge in [-0.2, -0.15) is 5.26 Å². The van der Waals surface area contributed by atoms with Gasteiger partial charge in [0.1, 0.15) is 4.60 Å². The Morgan fingerprint density at radius 1 is 1.75 bits per heavy atom. The number of pyridine rings is 1. The van der Waals surface area contributed by atoms with Crippen molar-refractivity contribution in [3.8, 4) is 6.07 Å². The lowest BCUT2D eigenvalue weighted by atomic mass is 10.1. The van der Waals surface area contributed by atoms with Crippen molar-refractivity contribution in [2.45, 2.75) is 6.42 Å². The minimum absolute atomic E-state index is 0.107. The SMILES string of the molecule is N#CCC(=O)c1cccnc1Br. The Labute approximate surface area is 78.2 Å². The molecule has 60 valence electrons. The summed E-state index contributed by atoms with van der Waals surface area (Å²) in [4.78, 5) is 15.0. The van der Waals surface area contributed by atoms with E-state index in [0.29, 0.717) is 10.2 Å². The third kappa shape index (κ3) is 1.89. The summed E-state index contributed by atoms with van der Waals surface area (Å²) in [5.74, 6) is -0.211. The van der Waals surface area contributed by atoms with Crippen molar-refractivity contribution in [1.29, 1.82) is 5.26 Å². The molecule has 0 unspecified atom stereocenters. The van der Waals surface area contributed by atoms with Crippen LogP contribution in [0.1, 0.15) is 16.8 Å². The second kappa shape index (κ2) is 3.98. The first-order chi connectivity index (χ1) is 5.75. The minimum atomic E-state index is -0.211. The molecule has 0 saturated carbocycles. The average Bonchev–Trinajstić information content (AvgIpc) is 2.05. The molecule has 12 heavy (non-hydrogen) atoms. The molecule has 0 aliphatic rings. The Morgan fingerprint density at radius 2 is 2.50 bits per heavy atom. The van der Waals surface area contributed by atoms with E-state index in [9.17, 15) is 4.79 Å². The Kier molecular flexibility index (Phi) is 2.94. The Balaban J connectivity index is 2.97. The molecule has 0 aromatic carbocycles. The number of hydrogen-bond acceptors (Lipinski definition) is 3. The number of Topliss-reactive ketones (excluding diaryl/α,β-unsaturated/α-hetero) is 1. The molecule has 0 fully saturated rings.